The predicted octanol–water partition coefficient (Wildman–Crippen LogP) is 4.17. The summed E-state index contributed by atoms with van der Waals surface area (Å²) in [4.78, 5) is 25.4. The summed E-state index contributed by atoms with van der Waals surface area (Å²) in [6.45, 7) is -0.463. The molecule has 0 spiro atoms. The molecule has 3 rings (SSSR count). The number of carbonyl (C=O) groups excluding carboxylic acids is 2. The average Bonchev–Trinajstić information content (AvgIpc) is 3.19. The third kappa shape index (κ3) is 4.87. The van der Waals surface area contributed by atoms with E-state index in [0.29, 0.717) is 5.02 Å². The Kier molecular flexibility index (Phi) is 6.11. The molecule has 1 amide bonds. The number of thiophene rings is 1. The van der Waals surface area contributed by atoms with Gasteiger partial charge >= 0.3 is 5.97 Å². The van der Waals surface area contributed by atoms with Gasteiger partial charge in [-0.1, -0.05) is 48.0 Å². The molecule has 3 aromatic rings. The summed E-state index contributed by atoms with van der Waals surface area (Å²) in [5.74, 6) is -1.54. The molecular formula is C20H16ClNO4S. The smallest absolute Gasteiger partial charge is 0.342 e. The summed E-state index contributed by atoms with van der Waals surface area (Å²) in [6, 6.07) is 17.1. The van der Waals surface area contributed by atoms with E-state index in [1.54, 1.807) is 0 Å². The van der Waals surface area contributed by atoms with Gasteiger partial charge in [0.25, 0.3) is 5.91 Å². The van der Waals surface area contributed by atoms with Crippen LogP contribution in [0.3, 0.4) is 0 Å². The van der Waals surface area contributed by atoms with E-state index in [1.165, 1.54) is 29.5 Å². The Balaban J connectivity index is 1.65. The number of halogens is 1. The number of esters is 1. The second-order valence-electron chi connectivity index (χ2n) is 5.66. The van der Waals surface area contributed by atoms with Crippen LogP contribution in [0.1, 0.15) is 26.8 Å². The Hall–Kier alpha value is -2.83. The maximum absolute atomic E-state index is 12.3. The largest absolute Gasteiger partial charge is 0.507 e. The molecule has 1 heterocycles. The summed E-state index contributed by atoms with van der Waals surface area (Å²) in [7, 11) is 0. The summed E-state index contributed by atoms with van der Waals surface area (Å²) >= 11 is 7.26. The van der Waals surface area contributed by atoms with Crippen LogP contribution in [0.25, 0.3) is 0 Å². The normalized spacial score (nSPS) is 11.6. The molecule has 7 heteroatoms. The Labute approximate surface area is 165 Å². The Bertz CT molecular complexity index is 928. The van der Waals surface area contributed by atoms with Crippen LogP contribution in [0, 0.1) is 0 Å². The fourth-order valence-electron chi connectivity index (χ4n) is 2.51. The molecule has 2 N–H and O–H groups in total. The number of carbonyl (C=O) groups is 2. The molecule has 0 radical (unpaired) electrons. The van der Waals surface area contributed by atoms with Crippen molar-refractivity contribution in [2.45, 2.75) is 6.04 Å². The molecule has 0 unspecified atom stereocenters. The maximum atomic E-state index is 12.3. The minimum absolute atomic E-state index is 0.0509. The number of phenols is 1. The van der Waals surface area contributed by atoms with Crippen LogP contribution >= 0.6 is 22.9 Å². The SMILES string of the molecule is O=C(COC(=O)c1ccc(Cl)cc1O)N[C@@H](c1ccccc1)c1cccs1. The van der Waals surface area contributed by atoms with Crippen molar-refractivity contribution in [3.63, 3.8) is 0 Å². The first-order chi connectivity index (χ1) is 13.0. The van der Waals surface area contributed by atoms with Gasteiger partial charge in [0.05, 0.1) is 6.04 Å². The Morgan fingerprint density at radius 1 is 1.11 bits per heavy atom. The zero-order valence-electron chi connectivity index (χ0n) is 14.1. The standard InChI is InChI=1S/C20H16ClNO4S/c21-14-8-9-15(16(23)11-14)20(25)26-12-18(24)22-19(17-7-4-10-27-17)13-5-2-1-3-6-13/h1-11,19,23H,12H2,(H,22,24)/t19-/m0/s1. The highest BCUT2D eigenvalue weighted by Crippen LogP contribution is 2.26. The highest BCUT2D eigenvalue weighted by atomic mass is 35.5. The van der Waals surface area contributed by atoms with E-state index in [9.17, 15) is 14.7 Å². The van der Waals surface area contributed by atoms with Gasteiger partial charge in [0, 0.05) is 9.90 Å². The highest BCUT2D eigenvalue weighted by molar-refractivity contribution is 7.10. The van der Waals surface area contributed by atoms with Crippen molar-refractivity contribution in [2.75, 3.05) is 6.61 Å². The maximum Gasteiger partial charge on any atom is 0.342 e. The van der Waals surface area contributed by atoms with E-state index in [1.807, 2.05) is 47.8 Å². The number of benzene rings is 2. The first-order valence-corrected chi connectivity index (χ1v) is 9.33. The third-order valence-electron chi connectivity index (χ3n) is 3.78. The molecule has 0 aliphatic heterocycles. The number of hydrogen-bond acceptors (Lipinski definition) is 5. The van der Waals surface area contributed by atoms with Gasteiger partial charge in [-0.05, 0) is 35.2 Å². The molecule has 0 bridgehead atoms. The van der Waals surface area contributed by atoms with Crippen LogP contribution in [0.5, 0.6) is 5.75 Å². The number of hydrogen-bond donors (Lipinski definition) is 2. The number of phenolic OH excluding ortho intramolecular Hbond substituents is 1. The van der Waals surface area contributed by atoms with Crippen LogP contribution in [0.15, 0.2) is 66.0 Å². The monoisotopic (exact) mass is 401 g/mol. The number of ether oxygens (including phenoxy) is 1. The van der Waals surface area contributed by atoms with Gasteiger partial charge in [-0.3, -0.25) is 4.79 Å². The number of amides is 1. The molecule has 1 atom stereocenters. The van der Waals surface area contributed by atoms with E-state index in [2.05, 4.69) is 5.32 Å². The number of rotatable bonds is 6. The van der Waals surface area contributed by atoms with E-state index in [-0.39, 0.29) is 17.4 Å². The van der Waals surface area contributed by atoms with Gasteiger partial charge in [-0.25, -0.2) is 4.79 Å². The molecule has 5 nitrogen and oxygen atoms in total. The molecule has 2 aromatic carbocycles. The topological polar surface area (TPSA) is 75.6 Å². The van der Waals surface area contributed by atoms with E-state index in [4.69, 9.17) is 16.3 Å². The lowest BCUT2D eigenvalue weighted by molar-refractivity contribution is -0.124. The van der Waals surface area contributed by atoms with Crippen molar-refractivity contribution >= 4 is 34.8 Å². The van der Waals surface area contributed by atoms with Crippen molar-refractivity contribution in [3.05, 3.63) is 87.1 Å². The molecule has 0 aliphatic rings. The summed E-state index contributed by atoms with van der Waals surface area (Å²) in [6.07, 6.45) is 0. The number of nitrogens with one attached hydrogen (secondary N) is 1. The average molecular weight is 402 g/mol. The van der Waals surface area contributed by atoms with Crippen LogP contribution in [0.4, 0.5) is 0 Å². The molecule has 0 fully saturated rings. The minimum Gasteiger partial charge on any atom is -0.507 e. The second kappa shape index (κ2) is 8.70. The van der Waals surface area contributed by atoms with Crippen molar-refractivity contribution in [1.29, 1.82) is 0 Å². The number of aromatic hydroxyl groups is 1. The Morgan fingerprint density at radius 3 is 2.56 bits per heavy atom. The molecular weight excluding hydrogens is 386 g/mol. The van der Waals surface area contributed by atoms with E-state index < -0.39 is 18.5 Å². The van der Waals surface area contributed by atoms with Crippen LogP contribution < -0.4 is 5.32 Å². The molecule has 138 valence electrons. The fraction of sp³-hybridized carbons (Fsp3) is 0.100. The molecule has 27 heavy (non-hydrogen) atoms. The van der Waals surface area contributed by atoms with Gasteiger partial charge in [0.1, 0.15) is 11.3 Å². The van der Waals surface area contributed by atoms with E-state index >= 15 is 0 Å². The first kappa shape index (κ1) is 18.9. The summed E-state index contributed by atoms with van der Waals surface area (Å²) in [5.41, 5.74) is 0.875. The van der Waals surface area contributed by atoms with Gasteiger partial charge in [0.2, 0.25) is 0 Å². The van der Waals surface area contributed by atoms with Crippen molar-refractivity contribution in [2.24, 2.45) is 0 Å². The zero-order valence-corrected chi connectivity index (χ0v) is 15.7. The van der Waals surface area contributed by atoms with Crippen molar-refractivity contribution in [3.8, 4) is 5.75 Å². The Morgan fingerprint density at radius 2 is 1.89 bits per heavy atom. The lowest BCUT2D eigenvalue weighted by Crippen LogP contribution is -2.32. The first-order valence-electron chi connectivity index (χ1n) is 8.08. The minimum atomic E-state index is -0.799. The molecule has 0 aliphatic carbocycles. The summed E-state index contributed by atoms with van der Waals surface area (Å²) < 4.78 is 5.01. The lowest BCUT2D eigenvalue weighted by Gasteiger charge is -2.18. The summed E-state index contributed by atoms with van der Waals surface area (Å²) in [5, 5.41) is 14.9. The van der Waals surface area contributed by atoms with E-state index in [0.717, 1.165) is 10.4 Å². The molecule has 0 saturated carbocycles. The van der Waals surface area contributed by atoms with Gasteiger partial charge in [-0.2, -0.15) is 0 Å². The predicted molar refractivity (Wildman–Crippen MR) is 104 cm³/mol. The molecule has 1 aromatic heterocycles. The zero-order chi connectivity index (χ0) is 19.2. The fourth-order valence-corrected chi connectivity index (χ4v) is 3.48. The lowest BCUT2D eigenvalue weighted by atomic mass is 10.1. The highest BCUT2D eigenvalue weighted by Gasteiger charge is 2.20. The van der Waals surface area contributed by atoms with Crippen LogP contribution in [-0.4, -0.2) is 23.6 Å². The van der Waals surface area contributed by atoms with Crippen molar-refractivity contribution < 1.29 is 19.4 Å². The molecule has 0 saturated heterocycles. The van der Waals surface area contributed by atoms with Gasteiger partial charge < -0.3 is 15.2 Å². The van der Waals surface area contributed by atoms with Crippen molar-refractivity contribution in [1.82, 2.24) is 5.32 Å². The van der Waals surface area contributed by atoms with Crippen LogP contribution in [0.2, 0.25) is 5.02 Å². The quantitative estimate of drug-likeness (QED) is 0.608. The van der Waals surface area contributed by atoms with Crippen LogP contribution in [-0.2, 0) is 9.53 Å². The van der Waals surface area contributed by atoms with Gasteiger partial charge in [-0.15, -0.1) is 11.3 Å². The second-order valence-corrected chi connectivity index (χ2v) is 7.08. The third-order valence-corrected chi connectivity index (χ3v) is 4.95. The van der Waals surface area contributed by atoms with Gasteiger partial charge in [0.15, 0.2) is 6.61 Å².